The molecule has 1 atom stereocenters. The standard InChI is InChI=1S/C9H17F2NO/c1-9(2,3)12-8(13)7(6-11)4-5-10/h7H,4-6H2,1-3H3,(H,12,13). The van der Waals surface area contributed by atoms with E-state index in [1.54, 1.807) is 20.8 Å². The molecule has 1 unspecified atom stereocenters. The van der Waals surface area contributed by atoms with Gasteiger partial charge >= 0.3 is 0 Å². The molecule has 0 heterocycles. The third-order valence-electron chi connectivity index (χ3n) is 1.51. The van der Waals surface area contributed by atoms with Gasteiger partial charge in [-0.15, -0.1) is 0 Å². The Bertz CT molecular complexity index is 165. The van der Waals surface area contributed by atoms with Gasteiger partial charge in [-0.3, -0.25) is 13.6 Å². The zero-order valence-corrected chi connectivity index (χ0v) is 8.36. The van der Waals surface area contributed by atoms with Crippen LogP contribution in [0.5, 0.6) is 0 Å². The molecule has 78 valence electrons. The zero-order valence-electron chi connectivity index (χ0n) is 8.36. The van der Waals surface area contributed by atoms with Gasteiger partial charge in [-0.05, 0) is 27.2 Å². The van der Waals surface area contributed by atoms with Crippen molar-refractivity contribution < 1.29 is 13.6 Å². The summed E-state index contributed by atoms with van der Waals surface area (Å²) in [5, 5.41) is 2.61. The summed E-state index contributed by atoms with van der Waals surface area (Å²) in [6.07, 6.45) is -0.0432. The highest BCUT2D eigenvalue weighted by Gasteiger charge is 2.22. The molecule has 0 fully saturated rings. The van der Waals surface area contributed by atoms with Crippen molar-refractivity contribution in [1.82, 2.24) is 5.32 Å². The van der Waals surface area contributed by atoms with E-state index >= 15 is 0 Å². The van der Waals surface area contributed by atoms with Crippen LogP contribution in [0.25, 0.3) is 0 Å². The molecule has 0 radical (unpaired) electrons. The summed E-state index contributed by atoms with van der Waals surface area (Å²) >= 11 is 0. The molecule has 0 bridgehead atoms. The topological polar surface area (TPSA) is 29.1 Å². The number of rotatable bonds is 4. The van der Waals surface area contributed by atoms with E-state index in [9.17, 15) is 13.6 Å². The molecule has 0 aromatic heterocycles. The highest BCUT2D eigenvalue weighted by Crippen LogP contribution is 2.08. The summed E-state index contributed by atoms with van der Waals surface area (Å²) in [4.78, 5) is 11.3. The van der Waals surface area contributed by atoms with Gasteiger partial charge in [0.05, 0.1) is 12.6 Å². The highest BCUT2D eigenvalue weighted by atomic mass is 19.1. The maximum Gasteiger partial charge on any atom is 0.226 e. The van der Waals surface area contributed by atoms with E-state index in [0.717, 1.165) is 0 Å². The molecule has 0 aliphatic rings. The first-order chi connectivity index (χ1) is 5.90. The minimum absolute atomic E-state index is 0.0432. The largest absolute Gasteiger partial charge is 0.351 e. The van der Waals surface area contributed by atoms with E-state index in [2.05, 4.69) is 5.32 Å². The maximum atomic E-state index is 12.2. The minimum Gasteiger partial charge on any atom is -0.351 e. The molecule has 1 amide bonds. The number of carbonyl (C=O) groups excluding carboxylic acids is 1. The Kier molecular flexibility index (Phi) is 4.88. The summed E-state index contributed by atoms with van der Waals surface area (Å²) in [5.74, 6) is -1.25. The van der Waals surface area contributed by atoms with E-state index in [4.69, 9.17) is 0 Å². The smallest absolute Gasteiger partial charge is 0.226 e. The van der Waals surface area contributed by atoms with Gasteiger partial charge in [0.25, 0.3) is 0 Å². The molecule has 0 saturated heterocycles. The van der Waals surface area contributed by atoms with Crippen LogP contribution in [-0.4, -0.2) is 24.8 Å². The third kappa shape index (κ3) is 5.55. The van der Waals surface area contributed by atoms with Crippen LogP contribution in [0.1, 0.15) is 27.2 Å². The Balaban J connectivity index is 4.06. The van der Waals surface area contributed by atoms with Crippen LogP contribution in [0.4, 0.5) is 8.78 Å². The summed E-state index contributed by atoms with van der Waals surface area (Å²) in [6, 6.07) is 0. The van der Waals surface area contributed by atoms with Crippen molar-refractivity contribution in [2.45, 2.75) is 32.7 Å². The number of amides is 1. The van der Waals surface area contributed by atoms with Gasteiger partial charge in [-0.2, -0.15) is 0 Å². The Morgan fingerprint density at radius 1 is 1.38 bits per heavy atom. The molecule has 13 heavy (non-hydrogen) atoms. The van der Waals surface area contributed by atoms with Crippen LogP contribution < -0.4 is 5.32 Å². The van der Waals surface area contributed by atoms with Crippen molar-refractivity contribution in [1.29, 1.82) is 0 Å². The first-order valence-electron chi connectivity index (χ1n) is 4.34. The van der Waals surface area contributed by atoms with E-state index in [-0.39, 0.29) is 12.0 Å². The monoisotopic (exact) mass is 193 g/mol. The van der Waals surface area contributed by atoms with Crippen LogP contribution in [0.15, 0.2) is 0 Å². The molecule has 0 saturated carbocycles. The van der Waals surface area contributed by atoms with E-state index in [0.29, 0.717) is 0 Å². The van der Waals surface area contributed by atoms with Crippen LogP contribution in [0.3, 0.4) is 0 Å². The molecule has 0 aromatic rings. The number of hydrogen-bond acceptors (Lipinski definition) is 1. The molecule has 0 aliphatic carbocycles. The lowest BCUT2D eigenvalue weighted by Crippen LogP contribution is -2.44. The van der Waals surface area contributed by atoms with Crippen LogP contribution in [0, 0.1) is 5.92 Å². The van der Waals surface area contributed by atoms with Gasteiger partial charge in [0.2, 0.25) is 5.91 Å². The van der Waals surface area contributed by atoms with Crippen molar-refractivity contribution in [3.63, 3.8) is 0 Å². The van der Waals surface area contributed by atoms with Gasteiger partial charge in [-0.25, -0.2) is 0 Å². The maximum absolute atomic E-state index is 12.2. The summed E-state index contributed by atoms with van der Waals surface area (Å²) in [7, 11) is 0. The zero-order chi connectivity index (χ0) is 10.5. The number of carbonyl (C=O) groups is 1. The first-order valence-corrected chi connectivity index (χ1v) is 4.34. The Labute approximate surface area is 77.7 Å². The SMILES string of the molecule is CC(C)(C)NC(=O)C(CF)CCF. The predicted molar refractivity (Wildman–Crippen MR) is 48.0 cm³/mol. The van der Waals surface area contributed by atoms with Gasteiger partial charge in [0, 0.05) is 5.54 Å². The molecule has 1 N–H and O–H groups in total. The van der Waals surface area contributed by atoms with Crippen molar-refractivity contribution in [3.05, 3.63) is 0 Å². The molecule has 4 heteroatoms. The van der Waals surface area contributed by atoms with E-state index < -0.39 is 25.2 Å². The van der Waals surface area contributed by atoms with Gasteiger partial charge in [-0.1, -0.05) is 0 Å². The second-order valence-electron chi connectivity index (χ2n) is 4.07. The number of nitrogens with one attached hydrogen (secondary N) is 1. The Morgan fingerprint density at radius 2 is 1.92 bits per heavy atom. The fourth-order valence-electron chi connectivity index (χ4n) is 0.882. The molecule has 0 rings (SSSR count). The average Bonchev–Trinajstić information content (AvgIpc) is 1.96. The van der Waals surface area contributed by atoms with Crippen LogP contribution >= 0.6 is 0 Å². The number of alkyl halides is 2. The van der Waals surface area contributed by atoms with E-state index in [1.807, 2.05) is 0 Å². The summed E-state index contributed by atoms with van der Waals surface area (Å²) in [5.41, 5.74) is -0.388. The van der Waals surface area contributed by atoms with Crippen molar-refractivity contribution in [3.8, 4) is 0 Å². The Morgan fingerprint density at radius 3 is 2.23 bits per heavy atom. The summed E-state index contributed by atoms with van der Waals surface area (Å²) < 4.78 is 24.1. The normalized spacial score (nSPS) is 13.9. The van der Waals surface area contributed by atoms with Gasteiger partial charge in [0.1, 0.15) is 6.67 Å². The van der Waals surface area contributed by atoms with Crippen LogP contribution in [0.2, 0.25) is 0 Å². The average molecular weight is 193 g/mol. The van der Waals surface area contributed by atoms with Crippen LogP contribution in [-0.2, 0) is 4.79 Å². The summed E-state index contributed by atoms with van der Waals surface area (Å²) in [6.45, 7) is 3.94. The van der Waals surface area contributed by atoms with Crippen molar-refractivity contribution in [2.75, 3.05) is 13.3 Å². The van der Waals surface area contributed by atoms with E-state index in [1.165, 1.54) is 0 Å². The molecule has 0 aliphatic heterocycles. The molecular weight excluding hydrogens is 176 g/mol. The second kappa shape index (κ2) is 5.14. The van der Waals surface area contributed by atoms with Crippen molar-refractivity contribution in [2.24, 2.45) is 5.92 Å². The molecular formula is C9H17F2NO. The number of halogens is 2. The lowest BCUT2D eigenvalue weighted by molar-refractivity contribution is -0.127. The lowest BCUT2D eigenvalue weighted by atomic mass is 10.0. The lowest BCUT2D eigenvalue weighted by Gasteiger charge is -2.23. The number of hydrogen-bond donors (Lipinski definition) is 1. The highest BCUT2D eigenvalue weighted by molar-refractivity contribution is 5.79. The first kappa shape index (κ1) is 12.3. The molecule has 2 nitrogen and oxygen atoms in total. The fourth-order valence-corrected chi connectivity index (χ4v) is 0.882. The van der Waals surface area contributed by atoms with Gasteiger partial charge in [0.15, 0.2) is 0 Å². The predicted octanol–water partition coefficient (Wildman–Crippen LogP) is 1.85. The second-order valence-corrected chi connectivity index (χ2v) is 4.07. The molecule has 0 aromatic carbocycles. The van der Waals surface area contributed by atoms with Crippen molar-refractivity contribution >= 4 is 5.91 Å². The fraction of sp³-hybridized carbons (Fsp3) is 0.889. The molecule has 0 spiro atoms. The quantitative estimate of drug-likeness (QED) is 0.725. The third-order valence-corrected chi connectivity index (χ3v) is 1.51. The Hall–Kier alpha value is -0.670. The minimum atomic E-state index is -0.843. The van der Waals surface area contributed by atoms with Gasteiger partial charge < -0.3 is 5.32 Å².